The Kier molecular flexibility index (Phi) is 6.04. The molecule has 0 heterocycles. The molecule has 2 rings (SSSR count). The molecule has 2 nitrogen and oxygen atoms in total. The van der Waals surface area contributed by atoms with Crippen LogP contribution >= 0.6 is 0 Å². The van der Waals surface area contributed by atoms with Crippen LogP contribution in [0.4, 0.5) is 8.78 Å². The lowest BCUT2D eigenvalue weighted by molar-refractivity contribution is 0.101. The zero-order valence-corrected chi connectivity index (χ0v) is 12.7. The largest absolute Gasteiger partial charge is 0.392 e. The third-order valence-electron chi connectivity index (χ3n) is 3.60. The molecule has 2 aromatic carbocycles. The molecule has 1 unspecified atom stereocenters. The number of aliphatic hydroxyl groups excluding tert-OH is 1. The first-order chi connectivity index (χ1) is 10.6. The lowest BCUT2D eigenvalue weighted by Crippen LogP contribution is -2.31. The highest BCUT2D eigenvalue weighted by molar-refractivity contribution is 5.19. The van der Waals surface area contributed by atoms with Gasteiger partial charge in [0.25, 0.3) is 0 Å². The van der Waals surface area contributed by atoms with E-state index in [1.54, 1.807) is 0 Å². The van der Waals surface area contributed by atoms with Crippen LogP contribution in [0.1, 0.15) is 24.5 Å². The number of hydrogen-bond donors (Lipinski definition) is 1. The summed E-state index contributed by atoms with van der Waals surface area (Å²) in [6.07, 6.45) is 0.171. The third-order valence-corrected chi connectivity index (χ3v) is 3.60. The van der Waals surface area contributed by atoms with E-state index in [9.17, 15) is 13.9 Å². The number of halogens is 2. The first-order valence-corrected chi connectivity index (χ1v) is 7.46. The Bertz CT molecular complexity index is 589. The lowest BCUT2D eigenvalue weighted by atomic mass is 10.1. The number of benzene rings is 2. The molecule has 0 aliphatic rings. The summed E-state index contributed by atoms with van der Waals surface area (Å²) in [5.74, 6) is -1.13. The number of rotatable bonds is 7. The van der Waals surface area contributed by atoms with E-state index in [1.807, 2.05) is 42.2 Å². The van der Waals surface area contributed by atoms with Gasteiger partial charge >= 0.3 is 0 Å². The van der Waals surface area contributed by atoms with Gasteiger partial charge in [0, 0.05) is 31.3 Å². The minimum Gasteiger partial charge on any atom is -0.392 e. The average Bonchev–Trinajstić information content (AvgIpc) is 2.51. The monoisotopic (exact) mass is 305 g/mol. The summed E-state index contributed by atoms with van der Waals surface area (Å²) in [5.41, 5.74) is 1.52. The third kappa shape index (κ3) is 4.90. The minimum absolute atomic E-state index is 0.331. The number of aliphatic hydroxyl groups is 1. The predicted molar refractivity (Wildman–Crippen MR) is 83.2 cm³/mol. The zero-order valence-electron chi connectivity index (χ0n) is 12.7. The Morgan fingerprint density at radius 1 is 1.05 bits per heavy atom. The van der Waals surface area contributed by atoms with Gasteiger partial charge in [0.1, 0.15) is 11.6 Å². The molecule has 0 saturated heterocycles. The van der Waals surface area contributed by atoms with Crippen LogP contribution in [0.25, 0.3) is 0 Å². The van der Waals surface area contributed by atoms with Gasteiger partial charge in [0.05, 0.1) is 6.10 Å². The van der Waals surface area contributed by atoms with Crippen LogP contribution in [0.2, 0.25) is 0 Å². The molecule has 0 saturated carbocycles. The van der Waals surface area contributed by atoms with Crippen molar-refractivity contribution in [1.82, 2.24) is 4.90 Å². The standard InChI is InChI=1S/C18H21F2NO/c1-2-17(22)13-21(11-14-6-4-3-5-7-14)12-15-8-9-16(19)10-18(15)20/h3-10,17,22H,2,11-13H2,1H3. The molecule has 22 heavy (non-hydrogen) atoms. The second kappa shape index (κ2) is 8.01. The van der Waals surface area contributed by atoms with Crippen molar-refractivity contribution in [2.75, 3.05) is 6.54 Å². The molecule has 0 aliphatic carbocycles. The molecule has 0 radical (unpaired) electrons. The van der Waals surface area contributed by atoms with Gasteiger partial charge in [-0.15, -0.1) is 0 Å². The van der Waals surface area contributed by atoms with Crippen LogP contribution < -0.4 is 0 Å². The lowest BCUT2D eigenvalue weighted by Gasteiger charge is -2.25. The first-order valence-electron chi connectivity index (χ1n) is 7.46. The highest BCUT2D eigenvalue weighted by Gasteiger charge is 2.14. The molecule has 0 aromatic heterocycles. The summed E-state index contributed by atoms with van der Waals surface area (Å²) in [7, 11) is 0. The van der Waals surface area contributed by atoms with Crippen molar-refractivity contribution in [2.24, 2.45) is 0 Å². The van der Waals surface area contributed by atoms with Crippen LogP contribution in [0.5, 0.6) is 0 Å². The predicted octanol–water partition coefficient (Wildman–Crippen LogP) is 3.74. The van der Waals surface area contributed by atoms with Crippen molar-refractivity contribution >= 4 is 0 Å². The maximum Gasteiger partial charge on any atom is 0.130 e. The Hall–Kier alpha value is -1.78. The molecule has 4 heteroatoms. The van der Waals surface area contributed by atoms with Crippen LogP contribution in [0.3, 0.4) is 0 Å². The molecular formula is C18H21F2NO. The molecule has 118 valence electrons. The maximum absolute atomic E-state index is 13.8. The summed E-state index contributed by atoms with van der Waals surface area (Å²) in [4.78, 5) is 1.97. The summed E-state index contributed by atoms with van der Waals surface area (Å²) in [6.45, 7) is 3.29. The highest BCUT2D eigenvalue weighted by atomic mass is 19.1. The molecule has 0 spiro atoms. The average molecular weight is 305 g/mol. The SMILES string of the molecule is CCC(O)CN(Cc1ccccc1)Cc1ccc(F)cc1F. The molecular weight excluding hydrogens is 284 g/mol. The maximum atomic E-state index is 13.8. The Morgan fingerprint density at radius 2 is 1.77 bits per heavy atom. The second-order valence-corrected chi connectivity index (χ2v) is 5.45. The van der Waals surface area contributed by atoms with Gasteiger partial charge in [-0.25, -0.2) is 8.78 Å². The summed E-state index contributed by atoms with van der Waals surface area (Å²) < 4.78 is 26.8. The first kappa shape index (κ1) is 16.6. The molecule has 1 N–H and O–H groups in total. The number of hydrogen-bond acceptors (Lipinski definition) is 2. The fourth-order valence-electron chi connectivity index (χ4n) is 2.34. The van der Waals surface area contributed by atoms with E-state index in [2.05, 4.69) is 0 Å². The minimum atomic E-state index is -0.579. The molecule has 2 aromatic rings. The Morgan fingerprint density at radius 3 is 2.41 bits per heavy atom. The summed E-state index contributed by atoms with van der Waals surface area (Å²) in [5, 5.41) is 9.90. The van der Waals surface area contributed by atoms with Crippen LogP contribution in [0, 0.1) is 11.6 Å². The van der Waals surface area contributed by atoms with Gasteiger partial charge in [-0.05, 0) is 18.1 Å². The molecule has 0 amide bonds. The molecule has 1 atom stereocenters. The Balaban J connectivity index is 2.13. The Labute approximate surface area is 130 Å². The van der Waals surface area contributed by atoms with Crippen LogP contribution in [0.15, 0.2) is 48.5 Å². The van der Waals surface area contributed by atoms with E-state index < -0.39 is 17.7 Å². The van der Waals surface area contributed by atoms with E-state index >= 15 is 0 Å². The van der Waals surface area contributed by atoms with Gasteiger partial charge in [-0.1, -0.05) is 43.3 Å². The van der Waals surface area contributed by atoms with Crippen molar-refractivity contribution in [3.8, 4) is 0 Å². The van der Waals surface area contributed by atoms with E-state index in [0.29, 0.717) is 31.6 Å². The van der Waals surface area contributed by atoms with Gasteiger partial charge in [-0.3, -0.25) is 4.90 Å². The van der Waals surface area contributed by atoms with Gasteiger partial charge in [-0.2, -0.15) is 0 Å². The van der Waals surface area contributed by atoms with E-state index in [4.69, 9.17) is 0 Å². The van der Waals surface area contributed by atoms with E-state index in [-0.39, 0.29) is 0 Å². The van der Waals surface area contributed by atoms with Crippen molar-refractivity contribution in [3.63, 3.8) is 0 Å². The van der Waals surface area contributed by atoms with Crippen molar-refractivity contribution in [2.45, 2.75) is 32.5 Å². The van der Waals surface area contributed by atoms with E-state index in [0.717, 1.165) is 11.6 Å². The normalized spacial score (nSPS) is 12.6. The fourth-order valence-corrected chi connectivity index (χ4v) is 2.34. The van der Waals surface area contributed by atoms with Gasteiger partial charge in [0.15, 0.2) is 0 Å². The molecule has 0 fully saturated rings. The zero-order chi connectivity index (χ0) is 15.9. The number of nitrogens with zero attached hydrogens (tertiary/aromatic N) is 1. The highest BCUT2D eigenvalue weighted by Crippen LogP contribution is 2.15. The van der Waals surface area contributed by atoms with Crippen LogP contribution in [-0.4, -0.2) is 22.7 Å². The second-order valence-electron chi connectivity index (χ2n) is 5.45. The summed E-state index contributed by atoms with van der Waals surface area (Å²) >= 11 is 0. The molecule has 0 aliphatic heterocycles. The fraction of sp³-hybridized carbons (Fsp3) is 0.333. The van der Waals surface area contributed by atoms with Gasteiger partial charge in [0.2, 0.25) is 0 Å². The van der Waals surface area contributed by atoms with Crippen molar-refractivity contribution in [1.29, 1.82) is 0 Å². The smallest absolute Gasteiger partial charge is 0.130 e. The van der Waals surface area contributed by atoms with E-state index in [1.165, 1.54) is 12.1 Å². The van der Waals surface area contributed by atoms with Crippen molar-refractivity contribution < 1.29 is 13.9 Å². The topological polar surface area (TPSA) is 23.5 Å². The van der Waals surface area contributed by atoms with Gasteiger partial charge < -0.3 is 5.11 Å². The summed E-state index contributed by atoms with van der Waals surface area (Å²) in [6, 6.07) is 13.4. The molecule has 0 bridgehead atoms. The quantitative estimate of drug-likeness (QED) is 0.842. The van der Waals surface area contributed by atoms with Crippen molar-refractivity contribution in [3.05, 3.63) is 71.3 Å². The van der Waals surface area contributed by atoms with Crippen LogP contribution in [-0.2, 0) is 13.1 Å².